The Balaban J connectivity index is 1.52. The monoisotopic (exact) mass is 322 g/mol. The Morgan fingerprint density at radius 3 is 2.20 bits per heavy atom. The van der Waals surface area contributed by atoms with Crippen LogP contribution < -0.4 is 0 Å². The SMILES string of the molecule is c1ccc(-c2ccc(-c3cn4c(n3)-c3ccccc3CC4)cc2)cc1. The van der Waals surface area contributed by atoms with Crippen molar-refractivity contribution in [1.82, 2.24) is 9.55 Å². The third-order valence-electron chi connectivity index (χ3n) is 4.94. The Morgan fingerprint density at radius 2 is 1.36 bits per heavy atom. The molecule has 0 N–H and O–H groups in total. The fourth-order valence-corrected chi connectivity index (χ4v) is 3.60. The lowest BCUT2D eigenvalue weighted by Gasteiger charge is -2.17. The largest absolute Gasteiger partial charge is 0.330 e. The van der Waals surface area contributed by atoms with Gasteiger partial charge in [-0.1, -0.05) is 78.9 Å². The van der Waals surface area contributed by atoms with Crippen LogP contribution in [0.5, 0.6) is 0 Å². The quantitative estimate of drug-likeness (QED) is 0.480. The number of fused-ring (bicyclic) bond motifs is 3. The van der Waals surface area contributed by atoms with Gasteiger partial charge in [0.1, 0.15) is 5.82 Å². The van der Waals surface area contributed by atoms with E-state index in [0.29, 0.717) is 0 Å². The predicted molar refractivity (Wildman–Crippen MR) is 102 cm³/mol. The summed E-state index contributed by atoms with van der Waals surface area (Å²) in [6.07, 6.45) is 3.26. The van der Waals surface area contributed by atoms with E-state index in [1.165, 1.54) is 27.8 Å². The van der Waals surface area contributed by atoms with Crippen molar-refractivity contribution < 1.29 is 0 Å². The molecule has 0 bridgehead atoms. The number of hydrogen-bond donors (Lipinski definition) is 0. The minimum absolute atomic E-state index is 1.00. The Kier molecular flexibility index (Phi) is 3.27. The van der Waals surface area contributed by atoms with E-state index < -0.39 is 0 Å². The number of aromatic nitrogens is 2. The highest BCUT2D eigenvalue weighted by atomic mass is 15.1. The van der Waals surface area contributed by atoms with Crippen LogP contribution in [-0.2, 0) is 13.0 Å². The third-order valence-corrected chi connectivity index (χ3v) is 4.94. The maximum Gasteiger partial charge on any atom is 0.140 e. The zero-order chi connectivity index (χ0) is 16.6. The molecule has 1 aliphatic heterocycles. The molecule has 0 fully saturated rings. The smallest absolute Gasteiger partial charge is 0.140 e. The average Bonchev–Trinajstić information content (AvgIpc) is 3.14. The van der Waals surface area contributed by atoms with E-state index in [4.69, 9.17) is 4.98 Å². The van der Waals surface area contributed by atoms with Crippen molar-refractivity contribution in [3.8, 4) is 33.8 Å². The van der Waals surface area contributed by atoms with Gasteiger partial charge in [0, 0.05) is 23.9 Å². The number of imidazole rings is 1. The summed E-state index contributed by atoms with van der Waals surface area (Å²) in [5.74, 6) is 1.09. The minimum Gasteiger partial charge on any atom is -0.330 e. The number of aryl methyl sites for hydroxylation is 2. The van der Waals surface area contributed by atoms with Gasteiger partial charge in [-0.3, -0.25) is 0 Å². The van der Waals surface area contributed by atoms with Gasteiger partial charge in [0.2, 0.25) is 0 Å². The van der Waals surface area contributed by atoms with E-state index in [9.17, 15) is 0 Å². The van der Waals surface area contributed by atoms with Crippen molar-refractivity contribution in [3.05, 3.63) is 90.6 Å². The van der Waals surface area contributed by atoms with Gasteiger partial charge in [-0.25, -0.2) is 4.98 Å². The van der Waals surface area contributed by atoms with Gasteiger partial charge in [-0.2, -0.15) is 0 Å². The molecule has 5 rings (SSSR count). The van der Waals surface area contributed by atoms with Crippen LogP contribution >= 0.6 is 0 Å². The van der Waals surface area contributed by atoms with Gasteiger partial charge < -0.3 is 4.57 Å². The first-order valence-corrected chi connectivity index (χ1v) is 8.70. The topological polar surface area (TPSA) is 17.8 Å². The molecule has 0 saturated heterocycles. The van der Waals surface area contributed by atoms with Gasteiger partial charge >= 0.3 is 0 Å². The Hall–Kier alpha value is -3.13. The fourth-order valence-electron chi connectivity index (χ4n) is 3.60. The summed E-state index contributed by atoms with van der Waals surface area (Å²) in [4.78, 5) is 4.93. The molecule has 2 heteroatoms. The van der Waals surface area contributed by atoms with Crippen LogP contribution in [-0.4, -0.2) is 9.55 Å². The van der Waals surface area contributed by atoms with Gasteiger partial charge in [0.05, 0.1) is 5.69 Å². The summed E-state index contributed by atoms with van der Waals surface area (Å²) in [5, 5.41) is 0. The standard InChI is InChI=1S/C23H18N2/c1-2-6-17(7-3-1)18-10-12-20(13-11-18)22-16-25-15-14-19-8-4-5-9-21(19)23(25)24-22/h1-13,16H,14-15H2. The molecule has 2 nitrogen and oxygen atoms in total. The zero-order valence-electron chi connectivity index (χ0n) is 13.9. The molecule has 120 valence electrons. The van der Waals surface area contributed by atoms with Crippen LogP contribution in [0.4, 0.5) is 0 Å². The number of hydrogen-bond acceptors (Lipinski definition) is 1. The van der Waals surface area contributed by atoms with Crippen LogP contribution in [0.3, 0.4) is 0 Å². The Labute approximate surface area is 147 Å². The summed E-state index contributed by atoms with van der Waals surface area (Å²) in [6.45, 7) is 1.00. The van der Waals surface area contributed by atoms with E-state index in [0.717, 1.165) is 24.5 Å². The molecule has 4 aromatic rings. The highest BCUT2D eigenvalue weighted by Gasteiger charge is 2.18. The molecule has 2 heterocycles. The first-order chi connectivity index (χ1) is 12.4. The third kappa shape index (κ3) is 2.47. The second-order valence-corrected chi connectivity index (χ2v) is 6.49. The van der Waals surface area contributed by atoms with E-state index in [1.54, 1.807) is 0 Å². The molecule has 0 atom stereocenters. The van der Waals surface area contributed by atoms with Crippen molar-refractivity contribution in [2.45, 2.75) is 13.0 Å². The number of benzene rings is 3. The fraction of sp³-hybridized carbons (Fsp3) is 0.0870. The van der Waals surface area contributed by atoms with E-state index in [2.05, 4.69) is 83.6 Å². The van der Waals surface area contributed by atoms with Crippen LogP contribution in [0.15, 0.2) is 85.1 Å². The maximum atomic E-state index is 4.93. The molecule has 0 aliphatic carbocycles. The van der Waals surface area contributed by atoms with E-state index in [1.807, 2.05) is 6.07 Å². The van der Waals surface area contributed by atoms with Crippen molar-refractivity contribution in [2.24, 2.45) is 0 Å². The van der Waals surface area contributed by atoms with E-state index in [-0.39, 0.29) is 0 Å². The van der Waals surface area contributed by atoms with Crippen LogP contribution in [0, 0.1) is 0 Å². The summed E-state index contributed by atoms with van der Waals surface area (Å²) in [6, 6.07) is 27.8. The molecular weight excluding hydrogens is 304 g/mol. The molecule has 25 heavy (non-hydrogen) atoms. The minimum atomic E-state index is 1.00. The van der Waals surface area contributed by atoms with Gasteiger partial charge in [-0.05, 0) is 23.1 Å². The Morgan fingerprint density at radius 1 is 0.680 bits per heavy atom. The molecular formula is C23H18N2. The molecule has 0 radical (unpaired) electrons. The molecule has 3 aromatic carbocycles. The van der Waals surface area contributed by atoms with Crippen molar-refractivity contribution in [3.63, 3.8) is 0 Å². The lowest BCUT2D eigenvalue weighted by Crippen LogP contribution is -2.09. The normalized spacial score (nSPS) is 12.5. The Bertz CT molecular complexity index is 1030. The lowest BCUT2D eigenvalue weighted by molar-refractivity contribution is 0.684. The summed E-state index contributed by atoms with van der Waals surface area (Å²) in [7, 11) is 0. The second kappa shape index (κ2) is 5.75. The van der Waals surface area contributed by atoms with Crippen LogP contribution in [0.25, 0.3) is 33.8 Å². The van der Waals surface area contributed by atoms with Crippen molar-refractivity contribution in [1.29, 1.82) is 0 Å². The summed E-state index contributed by atoms with van der Waals surface area (Å²) < 4.78 is 2.28. The number of rotatable bonds is 2. The highest BCUT2D eigenvalue weighted by molar-refractivity contribution is 5.71. The maximum absolute atomic E-state index is 4.93. The van der Waals surface area contributed by atoms with Crippen LogP contribution in [0.2, 0.25) is 0 Å². The van der Waals surface area contributed by atoms with Gasteiger partial charge in [-0.15, -0.1) is 0 Å². The summed E-state index contributed by atoms with van der Waals surface area (Å²) >= 11 is 0. The van der Waals surface area contributed by atoms with Crippen molar-refractivity contribution in [2.75, 3.05) is 0 Å². The molecule has 0 unspecified atom stereocenters. The molecule has 0 spiro atoms. The van der Waals surface area contributed by atoms with Gasteiger partial charge in [0.15, 0.2) is 0 Å². The molecule has 0 saturated carbocycles. The molecule has 1 aromatic heterocycles. The average molecular weight is 322 g/mol. The molecule has 0 amide bonds. The zero-order valence-corrected chi connectivity index (χ0v) is 13.9. The van der Waals surface area contributed by atoms with Gasteiger partial charge in [0.25, 0.3) is 0 Å². The predicted octanol–water partition coefficient (Wildman–Crippen LogP) is 5.44. The number of nitrogens with zero attached hydrogens (tertiary/aromatic N) is 2. The first-order valence-electron chi connectivity index (χ1n) is 8.70. The lowest BCUT2D eigenvalue weighted by atomic mass is 10.0. The molecule has 1 aliphatic rings. The first kappa shape index (κ1) is 14.2. The van der Waals surface area contributed by atoms with Crippen LogP contribution in [0.1, 0.15) is 5.56 Å². The second-order valence-electron chi connectivity index (χ2n) is 6.49. The van der Waals surface area contributed by atoms with Crippen molar-refractivity contribution >= 4 is 0 Å². The van der Waals surface area contributed by atoms with E-state index >= 15 is 0 Å². The highest BCUT2D eigenvalue weighted by Crippen LogP contribution is 2.32. The summed E-state index contributed by atoms with van der Waals surface area (Å²) in [5.41, 5.74) is 7.35.